The maximum atomic E-state index is 12.8. The van der Waals surface area contributed by atoms with Crippen molar-refractivity contribution in [2.75, 3.05) is 26.5 Å². The minimum atomic E-state index is -0.447. The van der Waals surface area contributed by atoms with Gasteiger partial charge in [-0.25, -0.2) is 0 Å². The molecule has 0 bridgehead atoms. The third-order valence-corrected chi connectivity index (χ3v) is 4.02. The number of aliphatic hydroxyl groups is 1. The van der Waals surface area contributed by atoms with Gasteiger partial charge in [-0.3, -0.25) is 9.59 Å². The summed E-state index contributed by atoms with van der Waals surface area (Å²) in [4.78, 5) is 26.3. The zero-order valence-electron chi connectivity index (χ0n) is 14.7. The molecule has 1 heterocycles. The molecule has 1 aromatic carbocycles. The maximum absolute atomic E-state index is 12.8. The van der Waals surface area contributed by atoms with Gasteiger partial charge in [-0.2, -0.15) is 0 Å². The van der Waals surface area contributed by atoms with Crippen molar-refractivity contribution < 1.29 is 24.2 Å². The van der Waals surface area contributed by atoms with Crippen LogP contribution in [-0.4, -0.2) is 48.4 Å². The van der Waals surface area contributed by atoms with Gasteiger partial charge < -0.3 is 19.5 Å². The van der Waals surface area contributed by atoms with E-state index >= 15 is 0 Å². The second-order valence-corrected chi connectivity index (χ2v) is 6.05. The molecule has 0 saturated carbocycles. The predicted octanol–water partition coefficient (Wildman–Crippen LogP) is 2.19. The van der Waals surface area contributed by atoms with Gasteiger partial charge >= 0.3 is 5.97 Å². The van der Waals surface area contributed by atoms with E-state index in [4.69, 9.17) is 9.47 Å². The molecule has 1 aromatic rings. The highest BCUT2D eigenvalue weighted by molar-refractivity contribution is 6.20. The molecule has 0 saturated heterocycles. The summed E-state index contributed by atoms with van der Waals surface area (Å²) in [6.45, 7) is 4.02. The molecule has 6 nitrogen and oxygen atoms in total. The summed E-state index contributed by atoms with van der Waals surface area (Å²) in [5.74, 6) is -0.767. The lowest BCUT2D eigenvalue weighted by Gasteiger charge is -2.31. The number of ether oxygens (including phenoxy) is 2. The minimum Gasteiger partial charge on any atom is -0.474 e. The molecule has 0 spiro atoms. The van der Waals surface area contributed by atoms with Crippen LogP contribution in [0.2, 0.25) is 0 Å². The van der Waals surface area contributed by atoms with Crippen LogP contribution in [0.15, 0.2) is 36.1 Å². The van der Waals surface area contributed by atoms with Crippen LogP contribution in [0.1, 0.15) is 32.3 Å². The van der Waals surface area contributed by atoms with Crippen LogP contribution in [-0.2, 0) is 19.1 Å². The van der Waals surface area contributed by atoms with Gasteiger partial charge in [0.2, 0.25) is 0 Å². The van der Waals surface area contributed by atoms with Crippen molar-refractivity contribution in [1.29, 1.82) is 0 Å². The molecular formula is C19H25NO5. The largest absolute Gasteiger partial charge is 0.474 e. The molecule has 1 unspecified atom stereocenters. The van der Waals surface area contributed by atoms with E-state index in [0.717, 1.165) is 12.8 Å². The Hall–Kier alpha value is -2.34. The highest BCUT2D eigenvalue weighted by Gasteiger charge is 2.31. The molecule has 25 heavy (non-hydrogen) atoms. The fourth-order valence-corrected chi connectivity index (χ4v) is 2.58. The number of hydrogen-bond donors (Lipinski definition) is 1. The first kappa shape index (κ1) is 19.0. The lowest BCUT2D eigenvalue weighted by Crippen LogP contribution is -2.42. The van der Waals surface area contributed by atoms with Crippen molar-refractivity contribution in [3.05, 3.63) is 41.7 Å². The Morgan fingerprint density at radius 2 is 2.08 bits per heavy atom. The molecule has 2 rings (SSSR count). The van der Waals surface area contributed by atoms with E-state index in [2.05, 4.69) is 0 Å². The smallest absolute Gasteiger partial charge is 0.310 e. The third-order valence-electron chi connectivity index (χ3n) is 4.02. The normalized spacial score (nSPS) is 15.8. The van der Waals surface area contributed by atoms with Gasteiger partial charge in [0.05, 0.1) is 18.1 Å². The van der Waals surface area contributed by atoms with Crippen LogP contribution in [0.4, 0.5) is 0 Å². The quantitative estimate of drug-likeness (QED) is 0.576. The number of aliphatic hydroxyl groups excluding tert-OH is 1. The average Bonchev–Trinajstić information content (AvgIpc) is 2.63. The first-order chi connectivity index (χ1) is 12.1. The van der Waals surface area contributed by atoms with E-state index in [9.17, 15) is 14.7 Å². The van der Waals surface area contributed by atoms with E-state index in [1.54, 1.807) is 19.1 Å². The van der Waals surface area contributed by atoms with Crippen molar-refractivity contribution in [2.45, 2.75) is 26.7 Å². The summed E-state index contributed by atoms with van der Waals surface area (Å²) in [6.07, 6.45) is 1.78. The number of hydrogen-bond acceptors (Lipinski definition) is 5. The molecule has 0 radical (unpaired) electrons. The fraction of sp³-hybridized carbons (Fsp3) is 0.474. The molecule has 6 heteroatoms. The predicted molar refractivity (Wildman–Crippen MR) is 93.1 cm³/mol. The molecule has 1 N–H and O–H groups in total. The second-order valence-electron chi connectivity index (χ2n) is 6.05. The fourth-order valence-electron chi connectivity index (χ4n) is 2.58. The summed E-state index contributed by atoms with van der Waals surface area (Å²) in [5.41, 5.74) is 1.01. The number of esters is 1. The Kier molecular flexibility index (Phi) is 7.01. The number of carbonyl (C=O) groups is 2. The zero-order chi connectivity index (χ0) is 18.2. The highest BCUT2D eigenvalue weighted by atomic mass is 16.5. The van der Waals surface area contributed by atoms with Gasteiger partial charge in [0.15, 0.2) is 6.73 Å². The van der Waals surface area contributed by atoms with Crippen molar-refractivity contribution in [3.8, 4) is 0 Å². The molecule has 136 valence electrons. The topological polar surface area (TPSA) is 76.1 Å². The van der Waals surface area contributed by atoms with Crippen LogP contribution in [0.3, 0.4) is 0 Å². The van der Waals surface area contributed by atoms with Crippen molar-refractivity contribution >= 4 is 17.4 Å². The number of nitrogens with zero attached hydrogens (tertiary/aromatic N) is 1. The van der Waals surface area contributed by atoms with Crippen molar-refractivity contribution in [1.82, 2.24) is 4.90 Å². The molecule has 1 amide bonds. The monoisotopic (exact) mass is 347 g/mol. The van der Waals surface area contributed by atoms with Gasteiger partial charge in [0.1, 0.15) is 12.4 Å². The van der Waals surface area contributed by atoms with Gasteiger partial charge in [0, 0.05) is 6.54 Å². The number of rotatable bonds is 8. The standard InChI is InChI=1S/C19H25NO5/c1-3-4-10-24-19(23)14(2)11-20-13-25-16(12-21)17(18(20)22)15-8-6-5-7-9-15/h5-9,14,21H,3-4,10-13H2,1-2H3. The molecule has 0 aliphatic carbocycles. The number of carbonyl (C=O) groups excluding carboxylic acids is 2. The number of amides is 1. The zero-order valence-corrected chi connectivity index (χ0v) is 14.7. The summed E-state index contributed by atoms with van der Waals surface area (Å²) in [6, 6.07) is 9.06. The van der Waals surface area contributed by atoms with Crippen LogP contribution in [0, 0.1) is 5.92 Å². The highest BCUT2D eigenvalue weighted by Crippen LogP contribution is 2.26. The Labute approximate surface area is 148 Å². The molecule has 1 aliphatic rings. The van der Waals surface area contributed by atoms with E-state index in [1.807, 2.05) is 25.1 Å². The summed E-state index contributed by atoms with van der Waals surface area (Å²) in [7, 11) is 0. The average molecular weight is 347 g/mol. The first-order valence-electron chi connectivity index (χ1n) is 8.56. The summed E-state index contributed by atoms with van der Waals surface area (Å²) in [5, 5.41) is 9.49. The van der Waals surface area contributed by atoms with E-state index in [1.165, 1.54) is 4.90 Å². The first-order valence-corrected chi connectivity index (χ1v) is 8.56. The molecule has 1 aliphatic heterocycles. The number of benzene rings is 1. The Balaban J connectivity index is 2.08. The Bertz CT molecular complexity index is 626. The van der Waals surface area contributed by atoms with Crippen LogP contribution < -0.4 is 0 Å². The Morgan fingerprint density at radius 1 is 1.36 bits per heavy atom. The van der Waals surface area contributed by atoms with Crippen LogP contribution in [0.5, 0.6) is 0 Å². The van der Waals surface area contributed by atoms with E-state index in [0.29, 0.717) is 17.7 Å². The van der Waals surface area contributed by atoms with Crippen molar-refractivity contribution in [2.24, 2.45) is 5.92 Å². The Morgan fingerprint density at radius 3 is 2.72 bits per heavy atom. The minimum absolute atomic E-state index is 0.0115. The third kappa shape index (κ3) is 4.82. The molecule has 1 atom stereocenters. The van der Waals surface area contributed by atoms with Crippen LogP contribution >= 0.6 is 0 Å². The van der Waals surface area contributed by atoms with Crippen molar-refractivity contribution in [3.63, 3.8) is 0 Å². The summed E-state index contributed by atoms with van der Waals surface area (Å²) >= 11 is 0. The van der Waals surface area contributed by atoms with Gasteiger partial charge in [-0.15, -0.1) is 0 Å². The van der Waals surface area contributed by atoms with E-state index < -0.39 is 5.92 Å². The second kappa shape index (κ2) is 9.22. The van der Waals surface area contributed by atoms with Crippen LogP contribution in [0.25, 0.3) is 5.57 Å². The lowest BCUT2D eigenvalue weighted by atomic mass is 10.0. The molecular weight excluding hydrogens is 322 g/mol. The molecule has 0 fully saturated rings. The lowest BCUT2D eigenvalue weighted by molar-refractivity contribution is -0.150. The van der Waals surface area contributed by atoms with Gasteiger partial charge in [-0.05, 0) is 12.0 Å². The molecule has 0 aromatic heterocycles. The summed E-state index contributed by atoms with van der Waals surface area (Å²) < 4.78 is 10.7. The SMILES string of the molecule is CCCCOC(=O)C(C)CN1COC(CO)=C(c2ccccc2)C1=O. The van der Waals surface area contributed by atoms with E-state index in [-0.39, 0.29) is 37.5 Å². The number of unbranched alkanes of at least 4 members (excludes halogenated alkanes) is 1. The maximum Gasteiger partial charge on any atom is 0.310 e. The van der Waals surface area contributed by atoms with Gasteiger partial charge in [-0.1, -0.05) is 50.6 Å². The van der Waals surface area contributed by atoms with Gasteiger partial charge in [0.25, 0.3) is 5.91 Å².